The van der Waals surface area contributed by atoms with Gasteiger partial charge in [0.15, 0.2) is 0 Å². The maximum atomic E-state index is 16.2. The number of nitrogens with zero attached hydrogens (tertiary/aromatic N) is 2. The summed E-state index contributed by atoms with van der Waals surface area (Å²) >= 11 is 12.6. The molecule has 2 bridgehead atoms. The van der Waals surface area contributed by atoms with E-state index in [1.54, 1.807) is 24.4 Å². The Labute approximate surface area is 259 Å². The lowest BCUT2D eigenvalue weighted by atomic mass is 9.46. The molecule has 3 atom stereocenters. The Hall–Kier alpha value is -2.75. The van der Waals surface area contributed by atoms with Gasteiger partial charge < -0.3 is 15.7 Å². The van der Waals surface area contributed by atoms with Crippen LogP contribution >= 0.6 is 23.2 Å². The van der Waals surface area contributed by atoms with Gasteiger partial charge in [-0.15, -0.1) is 0 Å². The smallest absolute Gasteiger partial charge is 0.309 e. The summed E-state index contributed by atoms with van der Waals surface area (Å²) in [7, 11) is 1.87. The largest absolute Gasteiger partial charge is 0.481 e. The fourth-order valence-electron chi connectivity index (χ4n) is 9.84. The molecule has 4 saturated carbocycles. The summed E-state index contributed by atoms with van der Waals surface area (Å²) in [5.74, 6) is -2.96. The van der Waals surface area contributed by atoms with Crippen LogP contribution in [0.25, 0.3) is 0 Å². The van der Waals surface area contributed by atoms with Crippen LogP contribution in [0.5, 0.6) is 0 Å². The first-order chi connectivity index (χ1) is 20.2. The number of amides is 2. The van der Waals surface area contributed by atoms with Gasteiger partial charge in [-0.25, -0.2) is 9.37 Å². The molecule has 6 aliphatic rings. The van der Waals surface area contributed by atoms with Gasteiger partial charge in [0.2, 0.25) is 11.8 Å². The molecule has 8 rings (SSSR count). The molecule has 1 saturated heterocycles. The zero-order valence-corrected chi connectivity index (χ0v) is 25.9. The maximum Gasteiger partial charge on any atom is 0.309 e. The number of anilines is 1. The third-order valence-corrected chi connectivity index (χ3v) is 12.2. The number of carboxylic acids is 1. The van der Waals surface area contributed by atoms with Gasteiger partial charge >= 0.3 is 5.97 Å². The summed E-state index contributed by atoms with van der Waals surface area (Å²) < 4.78 is 16.2. The first-order valence-corrected chi connectivity index (χ1v) is 15.7. The van der Waals surface area contributed by atoms with Crippen molar-refractivity contribution in [2.45, 2.75) is 93.7 Å². The standard InChI is InChI=1S/C32H35Cl2FN4O4/c1-28(2)15-31(16-28)32(18-14-36-21(34)13-20(18)37-26(32)41)22(17-5-4-6-19(33)23(17)35)24(39(31)3)25(40)38-30-10-7-29(8-11-30,9-12-30)27(42)43/h4-6,13-14,22,24H,7-12,15-16H2,1-3H3,(H,37,41)(H,38,40)(H,42,43)/t22-,24+,29?,30?,32+/m0/s1. The van der Waals surface area contributed by atoms with Gasteiger partial charge in [-0.1, -0.05) is 49.2 Å². The molecule has 0 radical (unpaired) electrons. The summed E-state index contributed by atoms with van der Waals surface area (Å²) in [6.07, 6.45) is 5.98. The highest BCUT2D eigenvalue weighted by Gasteiger charge is 2.79. The number of carbonyl (C=O) groups excluding carboxylic acids is 2. The van der Waals surface area contributed by atoms with E-state index in [-0.39, 0.29) is 33.0 Å². The molecule has 2 spiro atoms. The highest BCUT2D eigenvalue weighted by Crippen LogP contribution is 2.71. The van der Waals surface area contributed by atoms with E-state index in [4.69, 9.17) is 23.2 Å². The quantitative estimate of drug-likeness (QED) is 0.376. The highest BCUT2D eigenvalue weighted by molar-refractivity contribution is 6.31. The predicted octanol–water partition coefficient (Wildman–Crippen LogP) is 5.67. The van der Waals surface area contributed by atoms with Gasteiger partial charge in [0.1, 0.15) is 16.4 Å². The topological polar surface area (TPSA) is 112 Å². The fraction of sp³-hybridized carbons (Fsp3) is 0.562. The number of aromatic nitrogens is 1. The molecule has 2 amide bonds. The van der Waals surface area contributed by atoms with Gasteiger partial charge in [0, 0.05) is 34.4 Å². The second-order valence-electron chi connectivity index (χ2n) is 14.4. The molecule has 1 aromatic heterocycles. The lowest BCUT2D eigenvalue weighted by Gasteiger charge is -2.61. The molecule has 2 aromatic rings. The molecule has 2 aliphatic heterocycles. The number of rotatable bonds is 4. The second kappa shape index (κ2) is 9.14. The van der Waals surface area contributed by atoms with E-state index in [0.717, 1.165) is 0 Å². The Morgan fingerprint density at radius 3 is 2.37 bits per heavy atom. The molecular weight excluding hydrogens is 594 g/mol. The van der Waals surface area contributed by atoms with Gasteiger partial charge in [-0.05, 0) is 81.5 Å². The molecule has 3 N–H and O–H groups in total. The van der Waals surface area contributed by atoms with Gasteiger partial charge in [-0.3, -0.25) is 19.3 Å². The molecule has 8 nitrogen and oxygen atoms in total. The van der Waals surface area contributed by atoms with E-state index in [0.29, 0.717) is 62.6 Å². The average Bonchev–Trinajstić information content (AvgIpc) is 3.35. The Kier molecular flexibility index (Phi) is 6.16. The minimum atomic E-state index is -1.35. The van der Waals surface area contributed by atoms with Crippen LogP contribution < -0.4 is 10.6 Å². The van der Waals surface area contributed by atoms with Crippen molar-refractivity contribution >= 4 is 46.7 Å². The maximum absolute atomic E-state index is 16.2. The summed E-state index contributed by atoms with van der Waals surface area (Å²) in [6.45, 7) is 4.27. The summed E-state index contributed by atoms with van der Waals surface area (Å²) in [5, 5.41) is 16.4. The van der Waals surface area contributed by atoms with Gasteiger partial charge in [0.05, 0.1) is 16.5 Å². The first kappa shape index (κ1) is 29.0. The van der Waals surface area contributed by atoms with E-state index in [1.165, 1.54) is 6.07 Å². The third-order valence-electron chi connectivity index (χ3n) is 11.7. The van der Waals surface area contributed by atoms with Crippen molar-refractivity contribution in [3.63, 3.8) is 0 Å². The van der Waals surface area contributed by atoms with Crippen LogP contribution in [0.3, 0.4) is 0 Å². The third kappa shape index (κ3) is 3.70. The molecular formula is C32H35Cl2FN4O4. The van der Waals surface area contributed by atoms with Gasteiger partial charge in [0.25, 0.3) is 0 Å². The number of halogens is 3. The molecule has 1 aromatic carbocycles. The van der Waals surface area contributed by atoms with Crippen molar-refractivity contribution in [3.05, 3.63) is 57.6 Å². The molecule has 43 heavy (non-hydrogen) atoms. The van der Waals surface area contributed by atoms with E-state index in [9.17, 15) is 19.5 Å². The number of hydrogen-bond donors (Lipinski definition) is 3. The normalized spacial score (nSPS) is 35.1. The lowest BCUT2D eigenvalue weighted by molar-refractivity contribution is -0.157. The number of carbonyl (C=O) groups is 3. The predicted molar refractivity (Wildman–Crippen MR) is 160 cm³/mol. The average molecular weight is 630 g/mol. The molecule has 11 heteroatoms. The number of benzene rings is 1. The number of fused-ring (bicyclic) bond motifs is 6. The van der Waals surface area contributed by atoms with E-state index in [1.807, 2.05) is 11.9 Å². The van der Waals surface area contributed by atoms with E-state index < -0.39 is 45.7 Å². The number of pyridine rings is 1. The van der Waals surface area contributed by atoms with E-state index >= 15 is 4.39 Å². The van der Waals surface area contributed by atoms with Crippen LogP contribution in [-0.4, -0.2) is 56.9 Å². The zero-order valence-electron chi connectivity index (χ0n) is 24.4. The molecule has 228 valence electrons. The van der Waals surface area contributed by atoms with Crippen molar-refractivity contribution in [1.29, 1.82) is 0 Å². The van der Waals surface area contributed by atoms with Crippen molar-refractivity contribution < 1.29 is 23.9 Å². The van der Waals surface area contributed by atoms with Crippen molar-refractivity contribution in [1.82, 2.24) is 15.2 Å². The minimum Gasteiger partial charge on any atom is -0.481 e. The number of aliphatic carboxylic acids is 1. The van der Waals surface area contributed by atoms with Crippen LogP contribution in [0.4, 0.5) is 10.1 Å². The van der Waals surface area contributed by atoms with Crippen molar-refractivity contribution in [2.75, 3.05) is 12.4 Å². The Bertz CT molecular complexity index is 1560. The number of likely N-dealkylation sites (tertiary alicyclic amines) is 1. The SMILES string of the molecule is CN1[C@@H](C(=O)NC23CCC(C(=O)O)(CC2)CC3)[C@H](c2cccc(Cl)c2F)[C@]2(C(=O)Nc3cc(Cl)ncc32)C12CC(C)(C)C2. The lowest BCUT2D eigenvalue weighted by Crippen LogP contribution is -2.68. The fourth-order valence-corrected chi connectivity index (χ4v) is 10.2. The van der Waals surface area contributed by atoms with Crippen LogP contribution in [0.2, 0.25) is 10.2 Å². The molecule has 4 aliphatic carbocycles. The summed E-state index contributed by atoms with van der Waals surface area (Å²) in [6, 6.07) is 5.43. The van der Waals surface area contributed by atoms with Gasteiger partial charge in [-0.2, -0.15) is 0 Å². The molecule has 0 unspecified atom stereocenters. The number of carboxylic acid groups (broad SMARTS) is 1. The van der Waals surface area contributed by atoms with Crippen LogP contribution in [0.15, 0.2) is 30.5 Å². The van der Waals surface area contributed by atoms with Crippen molar-refractivity contribution in [3.8, 4) is 0 Å². The summed E-state index contributed by atoms with van der Waals surface area (Å²) in [4.78, 5) is 47.7. The molecule has 5 fully saturated rings. The van der Waals surface area contributed by atoms with Crippen molar-refractivity contribution in [2.24, 2.45) is 10.8 Å². The Balaban J connectivity index is 1.39. The number of nitrogens with one attached hydrogen (secondary N) is 2. The van der Waals surface area contributed by atoms with E-state index in [2.05, 4.69) is 29.5 Å². The highest BCUT2D eigenvalue weighted by atomic mass is 35.5. The van der Waals surface area contributed by atoms with Crippen LogP contribution in [0, 0.1) is 16.6 Å². The monoisotopic (exact) mass is 628 g/mol. The number of hydrogen-bond acceptors (Lipinski definition) is 5. The second-order valence-corrected chi connectivity index (χ2v) is 15.2. The zero-order chi connectivity index (χ0) is 30.7. The first-order valence-electron chi connectivity index (χ1n) is 14.9. The van der Waals surface area contributed by atoms with Crippen LogP contribution in [0.1, 0.15) is 82.3 Å². The Morgan fingerprint density at radius 2 is 1.77 bits per heavy atom. The Morgan fingerprint density at radius 1 is 1.12 bits per heavy atom. The number of likely N-dealkylation sites (N-methyl/N-ethyl adjacent to an activating group) is 1. The molecule has 3 heterocycles. The van der Waals surface area contributed by atoms with Crippen LogP contribution in [-0.2, 0) is 19.8 Å². The minimum absolute atomic E-state index is 0.0830. The summed E-state index contributed by atoms with van der Waals surface area (Å²) in [5.41, 5.74) is -2.26.